The lowest BCUT2D eigenvalue weighted by atomic mass is 9.86. The van der Waals surface area contributed by atoms with Gasteiger partial charge >= 0.3 is 0 Å². The second-order valence-corrected chi connectivity index (χ2v) is 6.56. The summed E-state index contributed by atoms with van der Waals surface area (Å²) >= 11 is 0. The molecule has 0 atom stereocenters. The Balaban J connectivity index is 2.27. The Morgan fingerprint density at radius 2 is 1.82 bits per heavy atom. The largest absolute Gasteiger partial charge is 0.388 e. The van der Waals surface area contributed by atoms with Crippen LogP contribution in [0.1, 0.15) is 27.7 Å². The number of nitrogens with zero attached hydrogens (tertiary/aromatic N) is 1. The van der Waals surface area contributed by atoms with E-state index in [0.29, 0.717) is 10.9 Å². The number of hydrogen-bond acceptors (Lipinski definition) is 3. The van der Waals surface area contributed by atoms with Gasteiger partial charge in [0, 0.05) is 17.6 Å². The van der Waals surface area contributed by atoms with Gasteiger partial charge < -0.3 is 15.0 Å². The van der Waals surface area contributed by atoms with Crippen LogP contribution in [0.15, 0.2) is 41.3 Å². The number of hydrogen-bond donors (Lipinski definition) is 2. The lowest BCUT2D eigenvalue weighted by Gasteiger charge is -2.38. The van der Waals surface area contributed by atoms with Crippen molar-refractivity contribution >= 4 is 16.8 Å². The van der Waals surface area contributed by atoms with Crippen molar-refractivity contribution < 1.29 is 9.90 Å². The molecule has 0 fully saturated rings. The van der Waals surface area contributed by atoms with Crippen molar-refractivity contribution in [2.45, 2.75) is 45.4 Å². The number of fused-ring (bicyclic) bond motifs is 1. The minimum Gasteiger partial charge on any atom is -0.388 e. The molecule has 22 heavy (non-hydrogen) atoms. The van der Waals surface area contributed by atoms with Crippen LogP contribution in [0.3, 0.4) is 0 Å². The number of benzene rings is 1. The molecule has 0 aliphatic heterocycles. The molecule has 0 bridgehead atoms. The van der Waals surface area contributed by atoms with Crippen LogP contribution in [0.2, 0.25) is 0 Å². The molecule has 0 saturated carbocycles. The lowest BCUT2D eigenvalue weighted by molar-refractivity contribution is -0.126. The van der Waals surface area contributed by atoms with Gasteiger partial charge in [0.1, 0.15) is 6.54 Å². The predicted octanol–water partition coefficient (Wildman–Crippen LogP) is 1.67. The Labute approximate surface area is 129 Å². The number of amides is 1. The highest BCUT2D eigenvalue weighted by atomic mass is 16.3. The molecule has 1 heterocycles. The maximum Gasteiger partial charge on any atom is 0.240 e. The summed E-state index contributed by atoms with van der Waals surface area (Å²) in [5.41, 5.74) is -1.16. The molecule has 0 spiro atoms. The monoisotopic (exact) mass is 302 g/mol. The van der Waals surface area contributed by atoms with E-state index in [4.69, 9.17) is 0 Å². The van der Waals surface area contributed by atoms with Gasteiger partial charge in [-0.2, -0.15) is 0 Å². The van der Waals surface area contributed by atoms with Crippen molar-refractivity contribution in [3.05, 3.63) is 46.8 Å². The number of aliphatic hydroxyl groups is 1. The van der Waals surface area contributed by atoms with Crippen LogP contribution in [0, 0.1) is 0 Å². The van der Waals surface area contributed by atoms with E-state index >= 15 is 0 Å². The SMILES string of the molecule is CC(C)(O)C(C)(C)NC(=O)Cn1ccc(=O)c2ccccc21. The van der Waals surface area contributed by atoms with Crippen LogP contribution in [0.25, 0.3) is 10.9 Å². The van der Waals surface area contributed by atoms with E-state index in [9.17, 15) is 14.7 Å². The molecule has 118 valence electrons. The molecule has 2 rings (SSSR count). The maximum absolute atomic E-state index is 12.3. The number of carbonyl (C=O) groups excluding carboxylic acids is 1. The molecule has 2 aromatic rings. The van der Waals surface area contributed by atoms with E-state index in [1.807, 2.05) is 12.1 Å². The fraction of sp³-hybridized carbons (Fsp3) is 0.412. The Kier molecular flexibility index (Phi) is 4.11. The Morgan fingerprint density at radius 1 is 1.18 bits per heavy atom. The van der Waals surface area contributed by atoms with E-state index in [1.54, 1.807) is 50.6 Å². The van der Waals surface area contributed by atoms with Crippen molar-refractivity contribution in [1.29, 1.82) is 0 Å². The van der Waals surface area contributed by atoms with Gasteiger partial charge in [-0.25, -0.2) is 0 Å². The standard InChI is InChI=1S/C17H22N2O3/c1-16(2,17(3,4)22)18-15(21)11-19-10-9-14(20)12-7-5-6-8-13(12)19/h5-10,22H,11H2,1-4H3,(H,18,21). The number of carbonyl (C=O) groups is 1. The van der Waals surface area contributed by atoms with Crippen LogP contribution in [0.5, 0.6) is 0 Å². The molecule has 0 aliphatic carbocycles. The number of aromatic nitrogens is 1. The molecule has 2 N–H and O–H groups in total. The average molecular weight is 302 g/mol. The van der Waals surface area contributed by atoms with Gasteiger partial charge in [-0.15, -0.1) is 0 Å². The van der Waals surface area contributed by atoms with E-state index in [-0.39, 0.29) is 17.9 Å². The Hall–Kier alpha value is -2.14. The summed E-state index contributed by atoms with van der Waals surface area (Å²) in [7, 11) is 0. The summed E-state index contributed by atoms with van der Waals surface area (Å²) < 4.78 is 1.73. The van der Waals surface area contributed by atoms with E-state index in [1.165, 1.54) is 6.07 Å². The summed E-state index contributed by atoms with van der Waals surface area (Å²) in [6.45, 7) is 6.94. The third kappa shape index (κ3) is 3.20. The molecule has 5 heteroatoms. The van der Waals surface area contributed by atoms with Gasteiger partial charge in [0.05, 0.1) is 16.7 Å². The zero-order valence-corrected chi connectivity index (χ0v) is 13.4. The fourth-order valence-electron chi connectivity index (χ4n) is 2.09. The molecule has 0 unspecified atom stereocenters. The Bertz CT molecular complexity index is 754. The number of pyridine rings is 1. The van der Waals surface area contributed by atoms with Gasteiger partial charge in [0.15, 0.2) is 5.43 Å². The molecule has 0 aliphatic rings. The van der Waals surface area contributed by atoms with Gasteiger partial charge in [-0.05, 0) is 39.8 Å². The van der Waals surface area contributed by atoms with E-state index < -0.39 is 11.1 Å². The molecule has 0 saturated heterocycles. The summed E-state index contributed by atoms with van der Waals surface area (Å²) in [4.78, 5) is 24.1. The second kappa shape index (κ2) is 5.57. The van der Waals surface area contributed by atoms with Crippen LogP contribution >= 0.6 is 0 Å². The highest BCUT2D eigenvalue weighted by Crippen LogP contribution is 2.20. The van der Waals surface area contributed by atoms with Crippen LogP contribution < -0.4 is 10.7 Å². The number of para-hydroxylation sites is 1. The van der Waals surface area contributed by atoms with Crippen LogP contribution in [-0.4, -0.2) is 26.7 Å². The third-order valence-corrected chi connectivity index (χ3v) is 4.18. The van der Waals surface area contributed by atoms with Crippen molar-refractivity contribution in [2.24, 2.45) is 0 Å². The summed E-state index contributed by atoms with van der Waals surface area (Å²) in [5, 5.41) is 13.5. The zero-order valence-electron chi connectivity index (χ0n) is 13.4. The van der Waals surface area contributed by atoms with Crippen LogP contribution in [-0.2, 0) is 11.3 Å². The predicted molar refractivity (Wildman–Crippen MR) is 86.7 cm³/mol. The molecule has 5 nitrogen and oxygen atoms in total. The van der Waals surface area contributed by atoms with Crippen molar-refractivity contribution in [3.8, 4) is 0 Å². The molecule has 1 amide bonds. The smallest absolute Gasteiger partial charge is 0.240 e. The first kappa shape index (κ1) is 16.2. The van der Waals surface area contributed by atoms with Crippen molar-refractivity contribution in [2.75, 3.05) is 0 Å². The highest BCUT2D eigenvalue weighted by molar-refractivity contribution is 5.82. The summed E-state index contributed by atoms with van der Waals surface area (Å²) in [6, 6.07) is 8.64. The normalized spacial score (nSPS) is 12.4. The highest BCUT2D eigenvalue weighted by Gasteiger charge is 2.36. The first-order chi connectivity index (χ1) is 10.1. The summed E-state index contributed by atoms with van der Waals surface area (Å²) in [6.07, 6.45) is 1.61. The van der Waals surface area contributed by atoms with E-state index in [2.05, 4.69) is 5.32 Å². The topological polar surface area (TPSA) is 71.3 Å². The minimum atomic E-state index is -1.05. The first-order valence-corrected chi connectivity index (χ1v) is 7.23. The second-order valence-electron chi connectivity index (χ2n) is 6.56. The molecular weight excluding hydrogens is 280 g/mol. The third-order valence-electron chi connectivity index (χ3n) is 4.18. The molecule has 0 radical (unpaired) electrons. The van der Waals surface area contributed by atoms with Crippen molar-refractivity contribution in [1.82, 2.24) is 9.88 Å². The van der Waals surface area contributed by atoms with E-state index in [0.717, 1.165) is 0 Å². The lowest BCUT2D eigenvalue weighted by Crippen LogP contribution is -2.58. The molecular formula is C17H22N2O3. The first-order valence-electron chi connectivity index (χ1n) is 7.23. The minimum absolute atomic E-state index is 0.0657. The maximum atomic E-state index is 12.3. The van der Waals surface area contributed by atoms with Gasteiger partial charge in [-0.3, -0.25) is 9.59 Å². The zero-order chi connectivity index (χ0) is 16.5. The van der Waals surface area contributed by atoms with Crippen molar-refractivity contribution in [3.63, 3.8) is 0 Å². The summed E-state index contributed by atoms with van der Waals surface area (Å²) in [5.74, 6) is -0.221. The number of rotatable bonds is 4. The van der Waals surface area contributed by atoms with Gasteiger partial charge in [-0.1, -0.05) is 12.1 Å². The Morgan fingerprint density at radius 3 is 2.45 bits per heavy atom. The average Bonchev–Trinajstić information content (AvgIpc) is 2.40. The van der Waals surface area contributed by atoms with Crippen LogP contribution in [0.4, 0.5) is 0 Å². The molecule has 1 aromatic heterocycles. The van der Waals surface area contributed by atoms with Gasteiger partial charge in [0.2, 0.25) is 5.91 Å². The quantitative estimate of drug-likeness (QED) is 0.902. The fourth-order valence-corrected chi connectivity index (χ4v) is 2.09. The number of nitrogens with one attached hydrogen (secondary N) is 1. The van der Waals surface area contributed by atoms with Gasteiger partial charge in [0.25, 0.3) is 0 Å². The molecule has 1 aromatic carbocycles.